The second-order valence-electron chi connectivity index (χ2n) is 6.44. The van der Waals surface area contributed by atoms with Crippen LogP contribution in [0.5, 0.6) is 0 Å². The molecule has 0 saturated carbocycles. The molecule has 152 valence electrons. The van der Waals surface area contributed by atoms with Crippen LogP contribution in [0.1, 0.15) is 39.9 Å². The summed E-state index contributed by atoms with van der Waals surface area (Å²) in [4.78, 5) is 36.0. The molecule has 0 spiro atoms. The third-order valence-corrected chi connectivity index (χ3v) is 4.48. The van der Waals surface area contributed by atoms with Crippen molar-refractivity contribution < 1.29 is 27.9 Å². The first kappa shape index (κ1) is 20.2. The molecule has 0 aliphatic carbocycles. The van der Waals surface area contributed by atoms with Gasteiger partial charge in [0.25, 0.3) is 0 Å². The van der Waals surface area contributed by atoms with Gasteiger partial charge in [-0.25, -0.2) is 14.4 Å². The van der Waals surface area contributed by atoms with Gasteiger partial charge in [-0.15, -0.1) is 0 Å². The Balaban J connectivity index is 1.84. The van der Waals surface area contributed by atoms with E-state index in [0.29, 0.717) is 33.7 Å². The molecule has 0 fully saturated rings. The van der Waals surface area contributed by atoms with E-state index in [0.717, 1.165) is 5.56 Å². The fourth-order valence-corrected chi connectivity index (χ4v) is 3.02. The summed E-state index contributed by atoms with van der Waals surface area (Å²) in [5.74, 6) is 0.609. The SMILES string of the molecule is CCOC(=O)Nc1ccc2c(COC(=O)c3c(C)oc(C)c3C)cc(=O)oc2c1. The van der Waals surface area contributed by atoms with Crippen LogP contribution in [0.3, 0.4) is 0 Å². The molecule has 1 amide bonds. The smallest absolute Gasteiger partial charge is 0.411 e. The number of esters is 1. The number of benzene rings is 1. The molecule has 2 aromatic heterocycles. The minimum absolute atomic E-state index is 0.116. The Labute approximate surface area is 166 Å². The zero-order valence-electron chi connectivity index (χ0n) is 16.6. The summed E-state index contributed by atoms with van der Waals surface area (Å²) in [6, 6.07) is 6.08. The van der Waals surface area contributed by atoms with Crippen LogP contribution in [0.2, 0.25) is 0 Å². The normalized spacial score (nSPS) is 10.8. The predicted octanol–water partition coefficient (Wildman–Crippen LogP) is 4.24. The molecule has 0 aliphatic rings. The number of aryl methyl sites for hydroxylation is 2. The summed E-state index contributed by atoms with van der Waals surface area (Å²) in [5, 5.41) is 3.13. The third kappa shape index (κ3) is 4.31. The van der Waals surface area contributed by atoms with Crippen molar-refractivity contribution in [1.29, 1.82) is 0 Å². The van der Waals surface area contributed by atoms with Crippen molar-refractivity contribution in [3.63, 3.8) is 0 Å². The van der Waals surface area contributed by atoms with Crippen molar-refractivity contribution in [2.24, 2.45) is 0 Å². The van der Waals surface area contributed by atoms with Crippen molar-refractivity contribution in [3.8, 4) is 0 Å². The van der Waals surface area contributed by atoms with Gasteiger partial charge >= 0.3 is 17.7 Å². The van der Waals surface area contributed by atoms with E-state index in [2.05, 4.69) is 5.32 Å². The average Bonchev–Trinajstić information content (AvgIpc) is 2.91. The van der Waals surface area contributed by atoms with Crippen LogP contribution in [0, 0.1) is 20.8 Å². The van der Waals surface area contributed by atoms with Gasteiger partial charge in [0, 0.05) is 34.3 Å². The van der Waals surface area contributed by atoms with Gasteiger partial charge < -0.3 is 18.3 Å². The number of ether oxygens (including phenoxy) is 2. The summed E-state index contributed by atoms with van der Waals surface area (Å²) in [7, 11) is 0. The van der Waals surface area contributed by atoms with Crippen molar-refractivity contribution in [2.45, 2.75) is 34.3 Å². The maximum absolute atomic E-state index is 12.5. The lowest BCUT2D eigenvalue weighted by Gasteiger charge is -2.09. The fourth-order valence-electron chi connectivity index (χ4n) is 3.02. The Morgan fingerprint density at radius 3 is 2.45 bits per heavy atom. The van der Waals surface area contributed by atoms with E-state index in [1.807, 2.05) is 0 Å². The van der Waals surface area contributed by atoms with Crippen LogP contribution in [0.4, 0.5) is 10.5 Å². The van der Waals surface area contributed by atoms with Crippen molar-refractivity contribution in [3.05, 3.63) is 62.9 Å². The van der Waals surface area contributed by atoms with E-state index in [1.165, 1.54) is 12.1 Å². The molecule has 8 heteroatoms. The predicted molar refractivity (Wildman–Crippen MR) is 105 cm³/mol. The highest BCUT2D eigenvalue weighted by atomic mass is 16.5. The van der Waals surface area contributed by atoms with E-state index in [-0.39, 0.29) is 18.8 Å². The number of furan rings is 1. The quantitative estimate of drug-likeness (QED) is 0.505. The lowest BCUT2D eigenvalue weighted by molar-refractivity contribution is 0.0471. The van der Waals surface area contributed by atoms with Gasteiger partial charge in [0.2, 0.25) is 0 Å². The van der Waals surface area contributed by atoms with Crippen LogP contribution >= 0.6 is 0 Å². The number of amides is 1. The molecule has 8 nitrogen and oxygen atoms in total. The molecule has 0 bridgehead atoms. The van der Waals surface area contributed by atoms with Crippen molar-refractivity contribution >= 4 is 28.7 Å². The number of carbonyl (C=O) groups excluding carboxylic acids is 2. The van der Waals surface area contributed by atoms with Gasteiger partial charge in [0.15, 0.2) is 0 Å². The first-order valence-electron chi connectivity index (χ1n) is 9.04. The molecule has 0 atom stereocenters. The molecule has 2 heterocycles. The largest absolute Gasteiger partial charge is 0.465 e. The summed E-state index contributed by atoms with van der Waals surface area (Å²) in [6.07, 6.45) is -0.611. The molecule has 1 N–H and O–H groups in total. The minimum atomic E-state index is -0.611. The molecule has 3 rings (SSSR count). The highest BCUT2D eigenvalue weighted by molar-refractivity contribution is 5.93. The Morgan fingerprint density at radius 1 is 1.03 bits per heavy atom. The van der Waals surface area contributed by atoms with E-state index in [1.54, 1.807) is 39.8 Å². The number of hydrogen-bond acceptors (Lipinski definition) is 7. The number of hydrogen-bond donors (Lipinski definition) is 1. The summed E-state index contributed by atoms with van der Waals surface area (Å²) < 4.78 is 20.9. The zero-order chi connectivity index (χ0) is 21.1. The monoisotopic (exact) mass is 399 g/mol. The molecule has 1 aromatic carbocycles. The highest BCUT2D eigenvalue weighted by Crippen LogP contribution is 2.24. The highest BCUT2D eigenvalue weighted by Gasteiger charge is 2.20. The molecular formula is C21H21NO7. The number of carbonyl (C=O) groups is 2. The average molecular weight is 399 g/mol. The zero-order valence-corrected chi connectivity index (χ0v) is 16.6. The van der Waals surface area contributed by atoms with Crippen LogP contribution in [-0.2, 0) is 16.1 Å². The Kier molecular flexibility index (Phi) is 5.72. The molecular weight excluding hydrogens is 378 g/mol. The van der Waals surface area contributed by atoms with Crippen molar-refractivity contribution in [2.75, 3.05) is 11.9 Å². The molecule has 0 unspecified atom stereocenters. The molecule has 3 aromatic rings. The fraction of sp³-hybridized carbons (Fsp3) is 0.286. The van der Waals surface area contributed by atoms with Gasteiger partial charge in [0.1, 0.15) is 29.3 Å². The first-order valence-corrected chi connectivity index (χ1v) is 9.04. The Bertz CT molecular complexity index is 1140. The lowest BCUT2D eigenvalue weighted by Crippen LogP contribution is -2.13. The Hall–Kier alpha value is -3.55. The Morgan fingerprint density at radius 2 is 1.79 bits per heavy atom. The molecule has 0 saturated heterocycles. The number of nitrogens with one attached hydrogen (secondary N) is 1. The maximum Gasteiger partial charge on any atom is 0.411 e. The lowest BCUT2D eigenvalue weighted by atomic mass is 10.1. The third-order valence-electron chi connectivity index (χ3n) is 4.48. The van der Waals surface area contributed by atoms with Crippen LogP contribution in [0.25, 0.3) is 11.0 Å². The van der Waals surface area contributed by atoms with Crippen LogP contribution in [0.15, 0.2) is 37.9 Å². The van der Waals surface area contributed by atoms with Crippen LogP contribution in [-0.4, -0.2) is 18.7 Å². The number of anilines is 1. The topological polar surface area (TPSA) is 108 Å². The summed E-state index contributed by atoms with van der Waals surface area (Å²) in [6.45, 7) is 7.07. The number of fused-ring (bicyclic) bond motifs is 1. The van der Waals surface area contributed by atoms with Gasteiger partial charge in [-0.3, -0.25) is 5.32 Å². The van der Waals surface area contributed by atoms with E-state index in [9.17, 15) is 14.4 Å². The summed E-state index contributed by atoms with van der Waals surface area (Å²) in [5.41, 5.74) is 1.67. The van der Waals surface area contributed by atoms with E-state index in [4.69, 9.17) is 18.3 Å². The summed E-state index contributed by atoms with van der Waals surface area (Å²) >= 11 is 0. The van der Waals surface area contributed by atoms with E-state index < -0.39 is 17.7 Å². The second kappa shape index (κ2) is 8.22. The molecule has 0 aliphatic heterocycles. The van der Waals surface area contributed by atoms with E-state index >= 15 is 0 Å². The van der Waals surface area contributed by atoms with Gasteiger partial charge in [0.05, 0.1) is 6.61 Å². The molecule has 0 radical (unpaired) electrons. The maximum atomic E-state index is 12.5. The number of rotatable bonds is 5. The van der Waals surface area contributed by atoms with Crippen molar-refractivity contribution in [1.82, 2.24) is 0 Å². The second-order valence-corrected chi connectivity index (χ2v) is 6.44. The van der Waals surface area contributed by atoms with Gasteiger partial charge in [-0.1, -0.05) is 0 Å². The molecule has 29 heavy (non-hydrogen) atoms. The van der Waals surface area contributed by atoms with Crippen LogP contribution < -0.4 is 10.9 Å². The standard InChI is InChI=1S/C21H21NO7/c1-5-26-21(25)22-15-6-7-16-14(8-18(23)29-17(16)9-15)10-27-20(24)19-11(2)12(3)28-13(19)4/h6-9H,5,10H2,1-4H3,(H,22,25). The minimum Gasteiger partial charge on any atom is -0.465 e. The first-order chi connectivity index (χ1) is 13.8. The van der Waals surface area contributed by atoms with Gasteiger partial charge in [-0.05, 0) is 39.8 Å². The van der Waals surface area contributed by atoms with Gasteiger partial charge in [-0.2, -0.15) is 0 Å².